The number of alkyl halides is 3. The van der Waals surface area contributed by atoms with Crippen molar-refractivity contribution in [2.75, 3.05) is 5.73 Å². The van der Waals surface area contributed by atoms with E-state index < -0.39 is 17.7 Å². The lowest BCUT2D eigenvalue weighted by Crippen LogP contribution is -2.46. The third-order valence-electron chi connectivity index (χ3n) is 2.62. The Morgan fingerprint density at radius 2 is 1.56 bits per heavy atom. The fourth-order valence-electron chi connectivity index (χ4n) is 1.56. The lowest BCUT2D eigenvalue weighted by Gasteiger charge is -2.34. The van der Waals surface area contributed by atoms with Gasteiger partial charge in [-0.05, 0) is 23.6 Å². The highest BCUT2D eigenvalue weighted by Gasteiger charge is 2.56. The zero-order valence-electron chi connectivity index (χ0n) is 9.05. The van der Waals surface area contributed by atoms with Crippen molar-refractivity contribution in [3.8, 4) is 0 Å². The van der Waals surface area contributed by atoms with Gasteiger partial charge in [-0.25, -0.2) is 0 Å². The molecule has 0 fully saturated rings. The van der Waals surface area contributed by atoms with E-state index in [1.807, 2.05) is 0 Å². The average Bonchev–Trinajstić information content (AvgIpc) is 2.15. The summed E-state index contributed by atoms with van der Waals surface area (Å²) in [6.07, 6.45) is -4.71. The van der Waals surface area contributed by atoms with Crippen molar-refractivity contribution >= 4 is 5.69 Å². The fraction of sp³-hybridized carbons (Fsp3) is 0.455. The monoisotopic (exact) mass is 233 g/mol. The number of halogens is 3. The van der Waals surface area contributed by atoms with Crippen LogP contribution in [-0.4, -0.2) is 11.3 Å². The molecule has 0 aromatic heterocycles. The van der Waals surface area contributed by atoms with E-state index in [4.69, 9.17) is 5.73 Å². The minimum absolute atomic E-state index is 0.191. The quantitative estimate of drug-likeness (QED) is 0.771. The summed E-state index contributed by atoms with van der Waals surface area (Å²) in [7, 11) is 0. The number of nitrogen functional groups attached to an aromatic ring is 1. The molecule has 0 aliphatic rings. The lowest BCUT2D eigenvalue weighted by molar-refractivity contribution is -0.283. The van der Waals surface area contributed by atoms with Crippen LogP contribution in [0.3, 0.4) is 0 Å². The van der Waals surface area contributed by atoms with Crippen LogP contribution in [0.4, 0.5) is 18.9 Å². The highest BCUT2D eigenvalue weighted by molar-refractivity contribution is 5.41. The zero-order chi connectivity index (χ0) is 12.6. The number of benzene rings is 1. The van der Waals surface area contributed by atoms with Gasteiger partial charge in [0.1, 0.15) is 0 Å². The van der Waals surface area contributed by atoms with Gasteiger partial charge in [-0.1, -0.05) is 26.0 Å². The summed E-state index contributed by atoms with van der Waals surface area (Å²) >= 11 is 0. The van der Waals surface area contributed by atoms with Gasteiger partial charge in [0.25, 0.3) is 0 Å². The van der Waals surface area contributed by atoms with Crippen LogP contribution in [0.25, 0.3) is 0 Å². The molecule has 1 aromatic rings. The largest absolute Gasteiger partial charge is 0.421 e. The van der Waals surface area contributed by atoms with E-state index in [-0.39, 0.29) is 5.56 Å². The van der Waals surface area contributed by atoms with E-state index in [0.29, 0.717) is 5.69 Å². The van der Waals surface area contributed by atoms with Gasteiger partial charge in [-0.15, -0.1) is 0 Å². The molecule has 0 amide bonds. The Morgan fingerprint density at radius 3 is 1.88 bits per heavy atom. The van der Waals surface area contributed by atoms with E-state index >= 15 is 0 Å². The molecule has 0 radical (unpaired) electrons. The Balaban J connectivity index is 3.28. The van der Waals surface area contributed by atoms with Crippen LogP contribution in [0, 0.1) is 5.92 Å². The average molecular weight is 233 g/mol. The maximum atomic E-state index is 12.9. The van der Waals surface area contributed by atoms with Crippen LogP contribution in [0.5, 0.6) is 0 Å². The molecule has 0 aliphatic carbocycles. The lowest BCUT2D eigenvalue weighted by atomic mass is 9.82. The van der Waals surface area contributed by atoms with Crippen LogP contribution in [0.2, 0.25) is 0 Å². The molecule has 0 bridgehead atoms. The van der Waals surface area contributed by atoms with Crippen molar-refractivity contribution in [1.82, 2.24) is 0 Å². The van der Waals surface area contributed by atoms with Gasteiger partial charge in [-0.2, -0.15) is 13.2 Å². The van der Waals surface area contributed by atoms with Crippen LogP contribution >= 0.6 is 0 Å². The summed E-state index contributed by atoms with van der Waals surface area (Å²) in [4.78, 5) is 0. The first-order valence-corrected chi connectivity index (χ1v) is 4.84. The molecule has 90 valence electrons. The van der Waals surface area contributed by atoms with E-state index in [1.165, 1.54) is 38.1 Å². The molecule has 2 nitrogen and oxygen atoms in total. The first-order valence-electron chi connectivity index (χ1n) is 4.84. The highest BCUT2D eigenvalue weighted by Crippen LogP contribution is 2.44. The summed E-state index contributed by atoms with van der Waals surface area (Å²) in [6.45, 7) is 2.65. The summed E-state index contributed by atoms with van der Waals surface area (Å²) in [6, 6.07) is 5.08. The van der Waals surface area contributed by atoms with E-state index in [0.717, 1.165) is 0 Å². The van der Waals surface area contributed by atoms with Crippen LogP contribution in [0.15, 0.2) is 24.3 Å². The Labute approximate surface area is 91.9 Å². The Morgan fingerprint density at radius 1 is 1.12 bits per heavy atom. The number of hydrogen-bond donors (Lipinski definition) is 2. The fourth-order valence-corrected chi connectivity index (χ4v) is 1.56. The smallest absolute Gasteiger partial charge is 0.399 e. The molecular formula is C11H14F3NO. The van der Waals surface area contributed by atoms with Crippen molar-refractivity contribution in [3.63, 3.8) is 0 Å². The summed E-state index contributed by atoms with van der Waals surface area (Å²) in [5.41, 5.74) is 2.73. The third-order valence-corrected chi connectivity index (χ3v) is 2.62. The first-order chi connectivity index (χ1) is 7.19. The molecule has 5 heteroatoms. The Hall–Kier alpha value is -1.23. The molecule has 0 spiro atoms. The van der Waals surface area contributed by atoms with Gasteiger partial charge >= 0.3 is 6.18 Å². The van der Waals surface area contributed by atoms with Crippen LogP contribution in [0.1, 0.15) is 19.4 Å². The highest BCUT2D eigenvalue weighted by atomic mass is 19.4. The Kier molecular flexibility index (Phi) is 3.19. The molecule has 3 N–H and O–H groups in total. The maximum Gasteiger partial charge on any atom is 0.421 e. The number of hydrogen-bond acceptors (Lipinski definition) is 2. The van der Waals surface area contributed by atoms with Crippen molar-refractivity contribution in [2.24, 2.45) is 5.92 Å². The third kappa shape index (κ3) is 2.00. The standard InChI is InChI=1S/C11H14F3NO/c1-7(2)10(16,11(12,13)14)8-3-5-9(15)6-4-8/h3-7,16H,15H2,1-2H3. The van der Waals surface area contributed by atoms with Gasteiger partial charge < -0.3 is 10.8 Å². The van der Waals surface area contributed by atoms with Crippen molar-refractivity contribution in [2.45, 2.75) is 25.6 Å². The van der Waals surface area contributed by atoms with Gasteiger partial charge in [-0.3, -0.25) is 0 Å². The molecule has 1 aromatic carbocycles. The molecule has 0 aliphatic heterocycles. The van der Waals surface area contributed by atoms with E-state index in [9.17, 15) is 18.3 Å². The second-order valence-electron chi connectivity index (χ2n) is 4.04. The summed E-state index contributed by atoms with van der Waals surface area (Å²) in [5, 5.41) is 9.82. The summed E-state index contributed by atoms with van der Waals surface area (Å²) in [5.74, 6) is -0.976. The number of rotatable bonds is 2. The minimum Gasteiger partial charge on any atom is -0.399 e. The summed E-state index contributed by atoms with van der Waals surface area (Å²) < 4.78 is 38.6. The second kappa shape index (κ2) is 3.97. The van der Waals surface area contributed by atoms with Crippen molar-refractivity contribution in [3.05, 3.63) is 29.8 Å². The van der Waals surface area contributed by atoms with Crippen LogP contribution < -0.4 is 5.73 Å². The molecule has 1 unspecified atom stereocenters. The second-order valence-corrected chi connectivity index (χ2v) is 4.04. The molecule has 0 saturated heterocycles. The molecule has 0 saturated carbocycles. The normalized spacial score (nSPS) is 16.2. The topological polar surface area (TPSA) is 46.2 Å². The van der Waals surface area contributed by atoms with Crippen LogP contribution in [-0.2, 0) is 5.60 Å². The van der Waals surface area contributed by atoms with E-state index in [1.54, 1.807) is 0 Å². The SMILES string of the molecule is CC(C)C(O)(c1ccc(N)cc1)C(F)(F)F. The zero-order valence-corrected chi connectivity index (χ0v) is 9.05. The van der Waals surface area contributed by atoms with Gasteiger partial charge in [0.15, 0.2) is 5.60 Å². The molecule has 16 heavy (non-hydrogen) atoms. The van der Waals surface area contributed by atoms with Gasteiger partial charge in [0, 0.05) is 5.69 Å². The number of anilines is 1. The molecule has 1 atom stereocenters. The predicted molar refractivity (Wildman–Crippen MR) is 55.6 cm³/mol. The maximum absolute atomic E-state index is 12.9. The molecular weight excluding hydrogens is 219 g/mol. The van der Waals surface area contributed by atoms with Gasteiger partial charge in [0.2, 0.25) is 0 Å². The molecule has 0 heterocycles. The molecule has 1 rings (SSSR count). The van der Waals surface area contributed by atoms with Gasteiger partial charge in [0.05, 0.1) is 0 Å². The van der Waals surface area contributed by atoms with Crippen molar-refractivity contribution < 1.29 is 18.3 Å². The first kappa shape index (κ1) is 12.8. The van der Waals surface area contributed by atoms with E-state index in [2.05, 4.69) is 0 Å². The predicted octanol–water partition coefficient (Wildman–Crippen LogP) is 2.67. The minimum atomic E-state index is -4.71. The van der Waals surface area contributed by atoms with Crippen molar-refractivity contribution in [1.29, 1.82) is 0 Å². The Bertz CT molecular complexity index is 358. The number of aliphatic hydroxyl groups is 1. The number of nitrogens with two attached hydrogens (primary N) is 1.